The molecule has 2 aromatic rings. The second kappa shape index (κ2) is 6.34. The molecule has 1 saturated carbocycles. The summed E-state index contributed by atoms with van der Waals surface area (Å²) in [4.78, 5) is 12.6. The number of fused-ring (bicyclic) bond motifs is 4. The van der Waals surface area contributed by atoms with E-state index in [-0.39, 0.29) is 5.41 Å². The number of ether oxygens (including phenoxy) is 1. The Morgan fingerprint density at radius 3 is 2.62 bits per heavy atom. The third-order valence-corrected chi connectivity index (χ3v) is 6.46. The Morgan fingerprint density at radius 2 is 1.85 bits per heavy atom. The van der Waals surface area contributed by atoms with Crippen molar-refractivity contribution in [1.82, 2.24) is 9.97 Å². The number of rotatable bonds is 2. The maximum atomic E-state index is 5.61. The summed E-state index contributed by atoms with van der Waals surface area (Å²) in [6.45, 7) is 5.62. The van der Waals surface area contributed by atoms with Gasteiger partial charge in [-0.15, -0.1) is 0 Å². The van der Waals surface area contributed by atoms with Crippen molar-refractivity contribution in [2.24, 2.45) is 0 Å². The van der Waals surface area contributed by atoms with E-state index >= 15 is 0 Å². The minimum Gasteiger partial charge on any atom is -0.378 e. The van der Waals surface area contributed by atoms with Crippen molar-refractivity contribution in [3.05, 3.63) is 41.2 Å². The smallest absolute Gasteiger partial charge is 0.136 e. The monoisotopic (exact) mass is 349 g/mol. The first-order valence-electron chi connectivity index (χ1n) is 10.1. The number of aryl methyl sites for hydroxylation is 1. The van der Waals surface area contributed by atoms with Crippen molar-refractivity contribution >= 4 is 5.82 Å². The zero-order valence-electron chi connectivity index (χ0n) is 15.6. The van der Waals surface area contributed by atoms with Gasteiger partial charge in [0.25, 0.3) is 0 Å². The molecule has 0 amide bonds. The van der Waals surface area contributed by atoms with Gasteiger partial charge in [-0.25, -0.2) is 9.97 Å². The first kappa shape index (κ1) is 16.2. The molecule has 4 nitrogen and oxygen atoms in total. The van der Waals surface area contributed by atoms with Gasteiger partial charge in [-0.2, -0.15) is 0 Å². The van der Waals surface area contributed by atoms with E-state index < -0.39 is 0 Å². The lowest BCUT2D eigenvalue weighted by Gasteiger charge is -2.40. The fourth-order valence-electron chi connectivity index (χ4n) is 5.18. The fourth-order valence-corrected chi connectivity index (χ4v) is 5.18. The Kier molecular flexibility index (Phi) is 3.96. The molecule has 3 aliphatic rings. The summed E-state index contributed by atoms with van der Waals surface area (Å²) < 4.78 is 5.61. The zero-order chi connectivity index (χ0) is 17.6. The summed E-state index contributed by atoms with van der Waals surface area (Å²) in [7, 11) is 0. The van der Waals surface area contributed by atoms with E-state index in [9.17, 15) is 0 Å². The molecular formula is C22H27N3O. The summed E-state index contributed by atoms with van der Waals surface area (Å²) in [6.07, 6.45) is 7.18. The highest BCUT2D eigenvalue weighted by atomic mass is 16.5. The molecule has 1 saturated heterocycles. The number of nitrogens with zero attached hydrogens (tertiary/aromatic N) is 3. The van der Waals surface area contributed by atoms with Crippen LogP contribution in [0.4, 0.5) is 5.82 Å². The van der Waals surface area contributed by atoms with Gasteiger partial charge in [-0.1, -0.05) is 44.0 Å². The Hall–Kier alpha value is -1.94. The van der Waals surface area contributed by atoms with E-state index in [1.165, 1.54) is 53.9 Å². The molecular weight excluding hydrogens is 322 g/mol. The van der Waals surface area contributed by atoms with Crippen molar-refractivity contribution in [3.63, 3.8) is 0 Å². The third-order valence-electron chi connectivity index (χ3n) is 6.46. The second-order valence-electron chi connectivity index (χ2n) is 7.96. The van der Waals surface area contributed by atoms with Crippen LogP contribution in [0.2, 0.25) is 0 Å². The van der Waals surface area contributed by atoms with Crippen LogP contribution in [0.1, 0.15) is 49.6 Å². The predicted molar refractivity (Wildman–Crippen MR) is 104 cm³/mol. The molecule has 1 aliphatic heterocycles. The van der Waals surface area contributed by atoms with Gasteiger partial charge in [0, 0.05) is 36.1 Å². The SMILES string of the molecule is CCc1nc2c(c(N3CCOCC3)n1)C1(CCCC1)Cc1ccccc1-2. The minimum atomic E-state index is 0.226. The van der Waals surface area contributed by atoms with Crippen molar-refractivity contribution in [3.8, 4) is 11.3 Å². The molecule has 4 heteroatoms. The summed E-state index contributed by atoms with van der Waals surface area (Å²) in [5.41, 5.74) is 5.67. The highest BCUT2D eigenvalue weighted by molar-refractivity contribution is 5.77. The Bertz CT molecular complexity index is 820. The molecule has 1 aromatic carbocycles. The van der Waals surface area contributed by atoms with Crippen LogP contribution in [-0.4, -0.2) is 36.3 Å². The molecule has 0 bridgehead atoms. The summed E-state index contributed by atoms with van der Waals surface area (Å²) in [5, 5.41) is 0. The van der Waals surface area contributed by atoms with Gasteiger partial charge in [0.1, 0.15) is 11.6 Å². The highest BCUT2D eigenvalue weighted by Crippen LogP contribution is 2.53. The van der Waals surface area contributed by atoms with Gasteiger partial charge in [0.05, 0.1) is 18.9 Å². The van der Waals surface area contributed by atoms with Gasteiger partial charge in [-0.3, -0.25) is 0 Å². The van der Waals surface area contributed by atoms with E-state index in [4.69, 9.17) is 14.7 Å². The fraction of sp³-hybridized carbons (Fsp3) is 0.545. The van der Waals surface area contributed by atoms with Crippen molar-refractivity contribution < 1.29 is 4.74 Å². The average molecular weight is 349 g/mol. The minimum absolute atomic E-state index is 0.226. The maximum Gasteiger partial charge on any atom is 0.136 e. The van der Waals surface area contributed by atoms with Gasteiger partial charge in [-0.05, 0) is 24.8 Å². The van der Waals surface area contributed by atoms with Gasteiger partial charge >= 0.3 is 0 Å². The van der Waals surface area contributed by atoms with Gasteiger partial charge in [0.2, 0.25) is 0 Å². The third kappa shape index (κ3) is 2.46. The van der Waals surface area contributed by atoms with Crippen LogP contribution >= 0.6 is 0 Å². The normalized spacial score (nSPS) is 20.9. The molecule has 0 atom stereocenters. The van der Waals surface area contributed by atoms with Crippen LogP contribution < -0.4 is 4.90 Å². The summed E-state index contributed by atoms with van der Waals surface area (Å²) >= 11 is 0. The lowest BCUT2D eigenvalue weighted by molar-refractivity contribution is 0.122. The number of hydrogen-bond acceptors (Lipinski definition) is 4. The molecule has 2 heterocycles. The number of morpholine rings is 1. The molecule has 0 unspecified atom stereocenters. The lowest BCUT2D eigenvalue weighted by atomic mass is 9.68. The van der Waals surface area contributed by atoms with Crippen LogP contribution in [0.3, 0.4) is 0 Å². The second-order valence-corrected chi connectivity index (χ2v) is 7.96. The van der Waals surface area contributed by atoms with Crippen LogP contribution in [0.25, 0.3) is 11.3 Å². The first-order valence-corrected chi connectivity index (χ1v) is 10.1. The molecule has 2 aliphatic carbocycles. The van der Waals surface area contributed by atoms with E-state index in [2.05, 4.69) is 36.1 Å². The molecule has 0 radical (unpaired) electrons. The largest absolute Gasteiger partial charge is 0.378 e. The predicted octanol–water partition coefficient (Wildman–Crippen LogP) is 3.91. The number of aromatic nitrogens is 2. The van der Waals surface area contributed by atoms with Crippen LogP contribution in [-0.2, 0) is 23.0 Å². The quantitative estimate of drug-likeness (QED) is 0.824. The van der Waals surface area contributed by atoms with Crippen LogP contribution in [0.15, 0.2) is 24.3 Å². The molecule has 1 spiro atoms. The first-order chi connectivity index (χ1) is 12.8. The van der Waals surface area contributed by atoms with Gasteiger partial charge in [0.15, 0.2) is 0 Å². The highest BCUT2D eigenvalue weighted by Gasteiger charge is 2.45. The summed E-state index contributed by atoms with van der Waals surface area (Å²) in [5.74, 6) is 2.17. The number of benzene rings is 1. The molecule has 1 aromatic heterocycles. The van der Waals surface area contributed by atoms with E-state index in [1.807, 2.05) is 0 Å². The average Bonchev–Trinajstić information content (AvgIpc) is 3.16. The van der Waals surface area contributed by atoms with Crippen molar-refractivity contribution in [2.45, 2.75) is 50.9 Å². The number of hydrogen-bond donors (Lipinski definition) is 0. The zero-order valence-corrected chi connectivity index (χ0v) is 15.6. The van der Waals surface area contributed by atoms with E-state index in [1.54, 1.807) is 0 Å². The maximum absolute atomic E-state index is 5.61. The topological polar surface area (TPSA) is 38.2 Å². The molecule has 136 valence electrons. The molecule has 0 N–H and O–H groups in total. The van der Waals surface area contributed by atoms with Crippen molar-refractivity contribution in [2.75, 3.05) is 31.2 Å². The Balaban J connectivity index is 1.77. The summed E-state index contributed by atoms with van der Waals surface area (Å²) in [6, 6.07) is 8.89. The number of anilines is 1. The Labute approximate surface area is 155 Å². The van der Waals surface area contributed by atoms with Gasteiger partial charge < -0.3 is 9.64 Å². The molecule has 5 rings (SSSR count). The molecule has 26 heavy (non-hydrogen) atoms. The van der Waals surface area contributed by atoms with E-state index in [0.29, 0.717) is 0 Å². The van der Waals surface area contributed by atoms with Crippen molar-refractivity contribution in [1.29, 1.82) is 0 Å². The standard InChI is InChI=1S/C22H27N3O/c1-2-18-23-20-17-8-4-3-7-16(17)15-22(9-5-6-10-22)19(20)21(24-18)25-11-13-26-14-12-25/h3-4,7-8H,2,5-6,9-15H2,1H3. The van der Waals surface area contributed by atoms with Crippen LogP contribution in [0.5, 0.6) is 0 Å². The molecule has 2 fully saturated rings. The van der Waals surface area contributed by atoms with Crippen LogP contribution in [0, 0.1) is 0 Å². The Morgan fingerprint density at radius 1 is 1.08 bits per heavy atom. The van der Waals surface area contributed by atoms with E-state index in [0.717, 1.165) is 45.0 Å². The lowest BCUT2D eigenvalue weighted by Crippen LogP contribution is -2.41.